The van der Waals surface area contributed by atoms with Crippen molar-refractivity contribution in [3.05, 3.63) is 11.1 Å². The number of rotatable bonds is 5. The van der Waals surface area contributed by atoms with Crippen LogP contribution in [0, 0.1) is 5.92 Å². The lowest BCUT2D eigenvalue weighted by atomic mass is 10.0. The summed E-state index contributed by atoms with van der Waals surface area (Å²) in [5.41, 5.74) is 0.148. The monoisotopic (exact) mass is 297 g/mol. The van der Waals surface area contributed by atoms with Crippen molar-refractivity contribution in [2.45, 2.75) is 45.7 Å². The molecule has 0 amide bonds. The molecule has 4 nitrogen and oxygen atoms in total. The van der Waals surface area contributed by atoms with E-state index in [2.05, 4.69) is 43.0 Å². The predicted octanol–water partition coefficient (Wildman–Crippen LogP) is 2.89. The van der Waals surface area contributed by atoms with Crippen LogP contribution in [-0.2, 0) is 11.3 Å². The van der Waals surface area contributed by atoms with E-state index in [4.69, 9.17) is 4.74 Å². The van der Waals surface area contributed by atoms with Crippen molar-refractivity contribution in [1.82, 2.24) is 10.3 Å². The van der Waals surface area contributed by atoms with Gasteiger partial charge in [0.05, 0.1) is 6.61 Å². The zero-order valence-corrected chi connectivity index (χ0v) is 13.9. The fourth-order valence-electron chi connectivity index (χ4n) is 2.32. The molecule has 0 aromatic carbocycles. The van der Waals surface area contributed by atoms with Gasteiger partial charge in [-0.1, -0.05) is 0 Å². The van der Waals surface area contributed by atoms with Crippen LogP contribution in [0.1, 0.15) is 38.5 Å². The van der Waals surface area contributed by atoms with E-state index in [1.807, 2.05) is 6.20 Å². The summed E-state index contributed by atoms with van der Waals surface area (Å²) in [6.45, 7) is 10.3. The summed E-state index contributed by atoms with van der Waals surface area (Å²) in [6.07, 6.45) is 4.46. The molecule has 5 heteroatoms. The highest BCUT2D eigenvalue weighted by atomic mass is 32.1. The molecule has 0 bridgehead atoms. The molecule has 0 radical (unpaired) electrons. The van der Waals surface area contributed by atoms with Gasteiger partial charge in [-0.15, -0.1) is 11.3 Å². The van der Waals surface area contributed by atoms with Gasteiger partial charge in [-0.2, -0.15) is 0 Å². The van der Waals surface area contributed by atoms with Crippen molar-refractivity contribution in [2.24, 2.45) is 5.92 Å². The SMILES string of the molecule is CN(CC1CCCOC1)c1ncc(CNC(C)(C)C)s1. The zero-order valence-electron chi connectivity index (χ0n) is 13.1. The van der Waals surface area contributed by atoms with Crippen molar-refractivity contribution >= 4 is 16.5 Å². The maximum absolute atomic E-state index is 5.55. The van der Waals surface area contributed by atoms with Crippen LogP contribution in [0.4, 0.5) is 5.13 Å². The van der Waals surface area contributed by atoms with Gasteiger partial charge in [0.1, 0.15) is 0 Å². The number of hydrogen-bond donors (Lipinski definition) is 1. The van der Waals surface area contributed by atoms with Crippen molar-refractivity contribution in [3.63, 3.8) is 0 Å². The highest BCUT2D eigenvalue weighted by Crippen LogP contribution is 2.24. The molecule has 1 N–H and O–H groups in total. The number of aromatic nitrogens is 1. The summed E-state index contributed by atoms with van der Waals surface area (Å²) in [6, 6.07) is 0. The molecule has 1 unspecified atom stereocenters. The Morgan fingerprint density at radius 2 is 2.30 bits per heavy atom. The molecular weight excluding hydrogens is 270 g/mol. The molecule has 2 rings (SSSR count). The summed E-state index contributed by atoms with van der Waals surface area (Å²) in [4.78, 5) is 8.11. The summed E-state index contributed by atoms with van der Waals surface area (Å²) < 4.78 is 5.55. The lowest BCUT2D eigenvalue weighted by Crippen LogP contribution is -2.34. The second kappa shape index (κ2) is 6.87. The van der Waals surface area contributed by atoms with Gasteiger partial charge in [-0.05, 0) is 39.5 Å². The zero-order chi connectivity index (χ0) is 14.6. The number of hydrogen-bond acceptors (Lipinski definition) is 5. The maximum atomic E-state index is 5.55. The Balaban J connectivity index is 1.84. The van der Waals surface area contributed by atoms with Gasteiger partial charge in [0.15, 0.2) is 5.13 Å². The Morgan fingerprint density at radius 1 is 1.50 bits per heavy atom. The molecule has 1 aliphatic heterocycles. The first-order chi connectivity index (χ1) is 9.44. The Morgan fingerprint density at radius 3 is 2.95 bits per heavy atom. The standard InChI is InChI=1S/C15H27N3OS/c1-15(2,3)17-9-13-8-16-14(20-13)18(4)10-12-6-5-7-19-11-12/h8,12,17H,5-7,9-11H2,1-4H3. The molecule has 20 heavy (non-hydrogen) atoms. The molecule has 114 valence electrons. The molecule has 1 aromatic heterocycles. The van der Waals surface area contributed by atoms with Crippen molar-refractivity contribution in [1.29, 1.82) is 0 Å². The van der Waals surface area contributed by atoms with Gasteiger partial charge in [0.25, 0.3) is 0 Å². The van der Waals surface area contributed by atoms with Crippen LogP contribution in [0.3, 0.4) is 0 Å². The summed E-state index contributed by atoms with van der Waals surface area (Å²) in [5, 5.41) is 4.62. The second-order valence-corrected chi connectivity index (χ2v) is 7.77. The quantitative estimate of drug-likeness (QED) is 0.907. The molecule has 0 saturated carbocycles. The fraction of sp³-hybridized carbons (Fsp3) is 0.800. The lowest BCUT2D eigenvalue weighted by molar-refractivity contribution is 0.0576. The topological polar surface area (TPSA) is 37.4 Å². The van der Waals surface area contributed by atoms with Gasteiger partial charge in [0, 0.05) is 43.4 Å². The molecule has 1 aromatic rings. The molecular formula is C15H27N3OS. The average molecular weight is 297 g/mol. The first-order valence-corrected chi connectivity index (χ1v) is 8.24. The van der Waals surface area contributed by atoms with Gasteiger partial charge in [-0.3, -0.25) is 0 Å². The largest absolute Gasteiger partial charge is 0.381 e. The molecule has 1 fully saturated rings. The van der Waals surface area contributed by atoms with Gasteiger partial charge >= 0.3 is 0 Å². The van der Waals surface area contributed by atoms with Gasteiger partial charge in [0.2, 0.25) is 0 Å². The summed E-state index contributed by atoms with van der Waals surface area (Å²) >= 11 is 1.78. The van der Waals surface area contributed by atoms with E-state index in [0.717, 1.165) is 31.4 Å². The van der Waals surface area contributed by atoms with E-state index in [1.54, 1.807) is 11.3 Å². The predicted molar refractivity (Wildman–Crippen MR) is 85.5 cm³/mol. The maximum Gasteiger partial charge on any atom is 0.185 e. The van der Waals surface area contributed by atoms with E-state index >= 15 is 0 Å². The highest BCUT2D eigenvalue weighted by Gasteiger charge is 2.18. The normalized spacial score (nSPS) is 20.1. The average Bonchev–Trinajstić information content (AvgIpc) is 2.86. The van der Waals surface area contributed by atoms with Crippen LogP contribution in [0.25, 0.3) is 0 Å². The van der Waals surface area contributed by atoms with Gasteiger partial charge < -0.3 is 15.0 Å². The van der Waals surface area contributed by atoms with E-state index in [-0.39, 0.29) is 5.54 Å². The molecule has 0 spiro atoms. The number of anilines is 1. The minimum absolute atomic E-state index is 0.148. The lowest BCUT2D eigenvalue weighted by Gasteiger charge is -2.26. The van der Waals surface area contributed by atoms with Crippen LogP contribution in [0.2, 0.25) is 0 Å². The number of nitrogens with one attached hydrogen (secondary N) is 1. The molecule has 1 saturated heterocycles. The fourth-order valence-corrected chi connectivity index (χ4v) is 3.14. The Bertz CT molecular complexity index is 407. The minimum atomic E-state index is 0.148. The van der Waals surface area contributed by atoms with E-state index in [0.29, 0.717) is 5.92 Å². The molecule has 0 aliphatic carbocycles. The van der Waals surface area contributed by atoms with Crippen molar-refractivity contribution in [2.75, 3.05) is 31.7 Å². The highest BCUT2D eigenvalue weighted by molar-refractivity contribution is 7.15. The van der Waals surface area contributed by atoms with Gasteiger partial charge in [-0.25, -0.2) is 4.98 Å². The molecule has 2 heterocycles. The second-order valence-electron chi connectivity index (χ2n) is 6.68. The minimum Gasteiger partial charge on any atom is -0.381 e. The third-order valence-electron chi connectivity index (χ3n) is 3.45. The van der Waals surface area contributed by atoms with E-state index in [9.17, 15) is 0 Å². The third-order valence-corrected chi connectivity index (χ3v) is 4.56. The number of nitrogens with zero attached hydrogens (tertiary/aromatic N) is 2. The summed E-state index contributed by atoms with van der Waals surface area (Å²) in [5.74, 6) is 0.647. The number of thiazole rings is 1. The van der Waals surface area contributed by atoms with Crippen LogP contribution in [0.15, 0.2) is 6.20 Å². The molecule has 1 aliphatic rings. The Kier molecular flexibility index (Phi) is 5.41. The first kappa shape index (κ1) is 15.7. The van der Waals surface area contributed by atoms with Crippen LogP contribution < -0.4 is 10.2 Å². The third kappa shape index (κ3) is 5.04. The van der Waals surface area contributed by atoms with Crippen molar-refractivity contribution < 1.29 is 4.74 Å². The molecule has 1 atom stereocenters. The van der Waals surface area contributed by atoms with E-state index in [1.165, 1.54) is 17.7 Å². The Hall–Kier alpha value is -0.650. The van der Waals surface area contributed by atoms with Crippen LogP contribution in [0.5, 0.6) is 0 Å². The van der Waals surface area contributed by atoms with Crippen molar-refractivity contribution in [3.8, 4) is 0 Å². The summed E-state index contributed by atoms with van der Waals surface area (Å²) in [7, 11) is 2.13. The first-order valence-electron chi connectivity index (χ1n) is 7.42. The van der Waals surface area contributed by atoms with Crippen LogP contribution >= 0.6 is 11.3 Å². The number of ether oxygens (including phenoxy) is 1. The Labute approximate surface area is 126 Å². The van der Waals surface area contributed by atoms with Crippen LogP contribution in [-0.4, -0.2) is 37.3 Å². The smallest absolute Gasteiger partial charge is 0.185 e. The van der Waals surface area contributed by atoms with E-state index < -0.39 is 0 Å².